The number of ether oxygens (including phenoxy) is 3. The van der Waals surface area contributed by atoms with E-state index in [4.69, 9.17) is 14.2 Å². The van der Waals surface area contributed by atoms with Crippen LogP contribution in [0.2, 0.25) is 0 Å². The van der Waals surface area contributed by atoms with Gasteiger partial charge in [-0.3, -0.25) is 4.99 Å². The average Bonchev–Trinajstić information content (AvgIpc) is 3.02. The predicted octanol–water partition coefficient (Wildman–Crippen LogP) is 9.81. The predicted molar refractivity (Wildman–Crippen MR) is 172 cm³/mol. The number of nitrogens with zero attached hydrogens (tertiary/aromatic N) is 1. The van der Waals surface area contributed by atoms with Gasteiger partial charge in [-0.2, -0.15) is 0 Å². The first-order valence-electron chi connectivity index (χ1n) is 15.5. The molecule has 0 spiro atoms. The highest BCUT2D eigenvalue weighted by atomic mass is 16.5. The molecule has 0 aliphatic carbocycles. The van der Waals surface area contributed by atoms with Crippen molar-refractivity contribution in [2.75, 3.05) is 27.4 Å². The molecule has 0 aromatic heterocycles. The Morgan fingerprint density at radius 1 is 0.634 bits per heavy atom. The van der Waals surface area contributed by atoms with E-state index in [0.29, 0.717) is 30.2 Å². The molecule has 0 fully saturated rings. The van der Waals surface area contributed by atoms with Gasteiger partial charge in [0.05, 0.1) is 31.5 Å². The van der Waals surface area contributed by atoms with E-state index in [2.05, 4.69) is 37.0 Å². The number of aliphatic imine (C=N–C) groups is 1. The number of fused-ring (bicyclic) bond motifs is 1. The molecule has 0 radical (unpaired) electrons. The molecule has 0 aliphatic rings. The fourth-order valence-corrected chi connectivity index (χ4v) is 4.66. The standard InChI is InChI=1S/C25H41NO3.C11H10O/c1-4-6-8-10-12-16-20-28-24(26-3)22-18-14-15-19-23(22)25(27)29-21-17-13-11-9-7-5-2;1-12-11-8-4-6-9-5-2-3-7-10(9)11/h14-15,18-19H,4-13,16-17,20-21H2,1-3H3;2-8H,1H3. The summed E-state index contributed by atoms with van der Waals surface area (Å²) >= 11 is 0. The molecule has 0 N–H and O–H groups in total. The van der Waals surface area contributed by atoms with Crippen molar-refractivity contribution in [1.82, 2.24) is 0 Å². The Morgan fingerprint density at radius 2 is 1.17 bits per heavy atom. The number of esters is 1. The number of carbonyl (C=O) groups excluding carboxylic acids is 1. The topological polar surface area (TPSA) is 57.1 Å². The fraction of sp³-hybridized carbons (Fsp3) is 0.500. The highest BCUT2D eigenvalue weighted by Crippen LogP contribution is 2.24. The van der Waals surface area contributed by atoms with Crippen LogP contribution in [0.15, 0.2) is 71.7 Å². The average molecular weight is 562 g/mol. The molecule has 5 nitrogen and oxygen atoms in total. The van der Waals surface area contributed by atoms with Crippen molar-refractivity contribution in [3.05, 3.63) is 77.9 Å². The third-order valence-electron chi connectivity index (χ3n) is 7.02. The van der Waals surface area contributed by atoms with Crippen molar-refractivity contribution < 1.29 is 19.0 Å². The number of rotatable bonds is 17. The first kappa shape index (κ1) is 33.9. The van der Waals surface area contributed by atoms with Crippen molar-refractivity contribution in [2.45, 2.75) is 90.9 Å². The summed E-state index contributed by atoms with van der Waals surface area (Å²) in [4.78, 5) is 16.8. The zero-order valence-electron chi connectivity index (χ0n) is 25.8. The van der Waals surface area contributed by atoms with Gasteiger partial charge in [-0.25, -0.2) is 4.79 Å². The summed E-state index contributed by atoms with van der Waals surface area (Å²) in [5.74, 6) is 1.16. The molecule has 0 saturated carbocycles. The van der Waals surface area contributed by atoms with E-state index in [1.807, 2.05) is 42.5 Å². The lowest BCUT2D eigenvalue weighted by Gasteiger charge is -2.13. The second kappa shape index (κ2) is 21.4. The van der Waals surface area contributed by atoms with Gasteiger partial charge in [0, 0.05) is 12.4 Å². The highest BCUT2D eigenvalue weighted by molar-refractivity contribution is 6.05. The van der Waals surface area contributed by atoms with Crippen LogP contribution >= 0.6 is 0 Å². The Bertz CT molecular complexity index is 1150. The number of carbonyl (C=O) groups is 1. The highest BCUT2D eigenvalue weighted by Gasteiger charge is 2.17. The van der Waals surface area contributed by atoms with Crippen LogP contribution in [0.25, 0.3) is 10.8 Å². The first-order chi connectivity index (χ1) is 20.2. The van der Waals surface area contributed by atoms with Crippen molar-refractivity contribution in [1.29, 1.82) is 0 Å². The van der Waals surface area contributed by atoms with Crippen LogP contribution in [-0.4, -0.2) is 39.2 Å². The molecule has 41 heavy (non-hydrogen) atoms. The van der Waals surface area contributed by atoms with E-state index in [1.165, 1.54) is 68.6 Å². The van der Waals surface area contributed by atoms with Gasteiger partial charge in [0.25, 0.3) is 0 Å². The Labute approximate surface area is 248 Å². The fourth-order valence-electron chi connectivity index (χ4n) is 4.66. The van der Waals surface area contributed by atoms with E-state index in [0.717, 1.165) is 25.0 Å². The van der Waals surface area contributed by atoms with Gasteiger partial charge < -0.3 is 14.2 Å². The Morgan fingerprint density at radius 3 is 1.80 bits per heavy atom. The van der Waals surface area contributed by atoms with Crippen LogP contribution in [0.1, 0.15) is 107 Å². The van der Waals surface area contributed by atoms with Crippen LogP contribution in [0.4, 0.5) is 0 Å². The van der Waals surface area contributed by atoms with E-state index in [9.17, 15) is 4.79 Å². The molecular formula is C36H51NO4. The Balaban J connectivity index is 0.000000401. The minimum absolute atomic E-state index is 0.293. The molecule has 0 heterocycles. The summed E-state index contributed by atoms with van der Waals surface area (Å²) in [6.07, 6.45) is 14.3. The van der Waals surface area contributed by atoms with Crippen LogP contribution in [0.3, 0.4) is 0 Å². The van der Waals surface area contributed by atoms with Crippen molar-refractivity contribution >= 4 is 22.6 Å². The van der Waals surface area contributed by atoms with E-state index >= 15 is 0 Å². The molecule has 0 bridgehead atoms. The molecule has 3 aromatic carbocycles. The van der Waals surface area contributed by atoms with Crippen LogP contribution in [0.5, 0.6) is 5.75 Å². The van der Waals surface area contributed by atoms with Gasteiger partial charge in [0.15, 0.2) is 0 Å². The van der Waals surface area contributed by atoms with Crippen molar-refractivity contribution in [2.24, 2.45) is 4.99 Å². The minimum Gasteiger partial charge on any atom is -0.496 e. The summed E-state index contributed by atoms with van der Waals surface area (Å²) in [5.41, 5.74) is 1.25. The van der Waals surface area contributed by atoms with E-state index < -0.39 is 0 Å². The number of hydrogen-bond acceptors (Lipinski definition) is 5. The van der Waals surface area contributed by atoms with Gasteiger partial charge in [-0.05, 0) is 36.4 Å². The lowest BCUT2D eigenvalue weighted by atomic mass is 10.1. The molecule has 3 aromatic rings. The number of benzene rings is 3. The Hall–Kier alpha value is -3.34. The van der Waals surface area contributed by atoms with Gasteiger partial charge in [0.2, 0.25) is 5.90 Å². The molecule has 3 rings (SSSR count). The SMILES string of the molecule is CCCCCCCCOC(=O)c1ccccc1C(=NC)OCCCCCCCC.COc1cccc2ccccc12. The summed E-state index contributed by atoms with van der Waals surface area (Å²) in [6.45, 7) is 5.53. The number of unbranched alkanes of at least 4 members (excludes halogenated alkanes) is 10. The van der Waals surface area contributed by atoms with E-state index in [-0.39, 0.29) is 5.97 Å². The first-order valence-corrected chi connectivity index (χ1v) is 15.5. The van der Waals surface area contributed by atoms with Crippen molar-refractivity contribution in [3.8, 4) is 5.75 Å². The molecule has 0 amide bonds. The van der Waals surface area contributed by atoms with Crippen LogP contribution < -0.4 is 4.74 Å². The van der Waals surface area contributed by atoms with Crippen LogP contribution in [0, 0.1) is 0 Å². The largest absolute Gasteiger partial charge is 0.496 e. The zero-order chi connectivity index (χ0) is 29.5. The van der Waals surface area contributed by atoms with Gasteiger partial charge in [-0.1, -0.05) is 127 Å². The summed E-state index contributed by atoms with van der Waals surface area (Å²) in [7, 11) is 3.40. The van der Waals surface area contributed by atoms with Gasteiger partial charge >= 0.3 is 5.97 Å². The molecule has 224 valence electrons. The summed E-state index contributed by atoms with van der Waals surface area (Å²) < 4.78 is 16.6. The molecule has 0 saturated heterocycles. The normalized spacial score (nSPS) is 11.1. The second-order valence-electron chi connectivity index (χ2n) is 10.3. The molecule has 0 unspecified atom stereocenters. The zero-order valence-corrected chi connectivity index (χ0v) is 25.8. The Kier molecular flexibility index (Phi) is 17.7. The third kappa shape index (κ3) is 12.8. The summed E-state index contributed by atoms with van der Waals surface area (Å²) in [5, 5.41) is 2.39. The maximum Gasteiger partial charge on any atom is 0.338 e. The minimum atomic E-state index is -0.293. The van der Waals surface area contributed by atoms with Gasteiger partial charge in [-0.15, -0.1) is 0 Å². The molecule has 0 atom stereocenters. The number of hydrogen-bond donors (Lipinski definition) is 0. The smallest absolute Gasteiger partial charge is 0.338 e. The lowest BCUT2D eigenvalue weighted by molar-refractivity contribution is 0.0497. The number of methoxy groups -OCH3 is 1. The monoisotopic (exact) mass is 561 g/mol. The molecule has 0 aliphatic heterocycles. The van der Waals surface area contributed by atoms with Crippen molar-refractivity contribution in [3.63, 3.8) is 0 Å². The maximum absolute atomic E-state index is 12.6. The van der Waals surface area contributed by atoms with E-state index in [1.54, 1.807) is 20.2 Å². The van der Waals surface area contributed by atoms with Gasteiger partial charge in [0.1, 0.15) is 5.75 Å². The maximum atomic E-state index is 12.6. The molecule has 5 heteroatoms. The summed E-state index contributed by atoms with van der Waals surface area (Å²) in [6, 6.07) is 21.7. The quantitative estimate of drug-likeness (QED) is 0.0712. The van der Waals surface area contributed by atoms with Crippen LogP contribution in [-0.2, 0) is 9.47 Å². The molecular weight excluding hydrogens is 510 g/mol. The second-order valence-corrected chi connectivity index (χ2v) is 10.3. The third-order valence-corrected chi connectivity index (χ3v) is 7.02. The lowest BCUT2D eigenvalue weighted by Crippen LogP contribution is -2.15.